The number of halogens is 1. The standard InChI is InChI=1S/C22H24ClN3O2S/c23-17-4-2-1-3-16(17)20(28)24-11-19(27)26-21-25-18(12-29-21)22-8-13-5-14(9-22)7-15(6-13)10-22/h1-4,12-15H,5-11H2,(H,24,28)(H,25,26,27). The number of hydrogen-bond donors (Lipinski definition) is 2. The van der Waals surface area contributed by atoms with E-state index in [1.807, 2.05) is 0 Å². The molecule has 4 saturated carbocycles. The smallest absolute Gasteiger partial charge is 0.253 e. The molecule has 4 fully saturated rings. The Balaban J connectivity index is 1.20. The molecule has 1 aromatic heterocycles. The first-order chi connectivity index (χ1) is 14.0. The molecule has 0 atom stereocenters. The van der Waals surface area contributed by atoms with Gasteiger partial charge in [-0.15, -0.1) is 11.3 Å². The molecule has 4 bridgehead atoms. The van der Waals surface area contributed by atoms with Gasteiger partial charge in [0.15, 0.2) is 5.13 Å². The van der Waals surface area contributed by atoms with Crippen LogP contribution in [0.3, 0.4) is 0 Å². The maximum atomic E-state index is 12.3. The number of rotatable bonds is 5. The zero-order chi connectivity index (χ0) is 20.0. The molecule has 4 aliphatic rings. The van der Waals surface area contributed by atoms with Crippen LogP contribution in [0.25, 0.3) is 0 Å². The van der Waals surface area contributed by atoms with Crippen molar-refractivity contribution in [3.05, 3.63) is 45.9 Å². The lowest BCUT2D eigenvalue weighted by Crippen LogP contribution is -2.48. The van der Waals surface area contributed by atoms with Crippen LogP contribution in [-0.2, 0) is 10.2 Å². The Kier molecular flexibility index (Phi) is 4.87. The molecule has 0 aliphatic heterocycles. The topological polar surface area (TPSA) is 71.1 Å². The van der Waals surface area contributed by atoms with E-state index in [0.29, 0.717) is 15.7 Å². The van der Waals surface area contributed by atoms with Crippen LogP contribution in [0.1, 0.15) is 54.6 Å². The fourth-order valence-corrected chi connectivity index (χ4v) is 7.14. The number of thiazole rings is 1. The molecule has 4 aliphatic carbocycles. The molecule has 2 amide bonds. The lowest BCUT2D eigenvalue weighted by Gasteiger charge is -2.56. The SMILES string of the molecule is O=C(CNC(=O)c1ccccc1Cl)Nc1nc(C23CC4CC(CC(C4)C2)C3)cs1. The Morgan fingerprint density at radius 3 is 2.41 bits per heavy atom. The molecule has 0 saturated heterocycles. The van der Waals surface area contributed by atoms with Crippen LogP contribution < -0.4 is 10.6 Å². The Labute approximate surface area is 179 Å². The highest BCUT2D eigenvalue weighted by Crippen LogP contribution is 2.60. The second-order valence-corrected chi connectivity index (χ2v) is 10.2. The van der Waals surface area contributed by atoms with Crippen molar-refractivity contribution < 1.29 is 9.59 Å². The number of amides is 2. The van der Waals surface area contributed by atoms with Gasteiger partial charge in [0.1, 0.15) is 0 Å². The van der Waals surface area contributed by atoms with E-state index in [1.54, 1.807) is 24.3 Å². The lowest BCUT2D eigenvalue weighted by atomic mass is 9.49. The fraction of sp³-hybridized carbons (Fsp3) is 0.500. The van der Waals surface area contributed by atoms with Gasteiger partial charge < -0.3 is 10.6 Å². The Bertz CT molecular complexity index is 922. The first-order valence-electron chi connectivity index (χ1n) is 10.3. The third kappa shape index (κ3) is 3.68. The van der Waals surface area contributed by atoms with Crippen molar-refractivity contribution in [3.8, 4) is 0 Å². The van der Waals surface area contributed by atoms with Gasteiger partial charge in [0.25, 0.3) is 5.91 Å². The van der Waals surface area contributed by atoms with Gasteiger partial charge in [0.2, 0.25) is 5.91 Å². The van der Waals surface area contributed by atoms with Crippen LogP contribution in [0.2, 0.25) is 5.02 Å². The van der Waals surface area contributed by atoms with Gasteiger partial charge >= 0.3 is 0 Å². The number of carbonyl (C=O) groups excluding carboxylic acids is 2. The summed E-state index contributed by atoms with van der Waals surface area (Å²) in [5, 5.41) is 8.57. The molecule has 152 valence electrons. The van der Waals surface area contributed by atoms with Crippen molar-refractivity contribution in [1.29, 1.82) is 0 Å². The van der Waals surface area contributed by atoms with Crippen LogP contribution in [-0.4, -0.2) is 23.3 Å². The summed E-state index contributed by atoms with van der Waals surface area (Å²) < 4.78 is 0. The van der Waals surface area contributed by atoms with E-state index in [1.165, 1.54) is 49.9 Å². The molecule has 2 N–H and O–H groups in total. The van der Waals surface area contributed by atoms with Crippen LogP contribution >= 0.6 is 22.9 Å². The van der Waals surface area contributed by atoms with Crippen molar-refractivity contribution in [1.82, 2.24) is 10.3 Å². The van der Waals surface area contributed by atoms with Crippen LogP contribution in [0, 0.1) is 17.8 Å². The number of carbonyl (C=O) groups is 2. The number of anilines is 1. The summed E-state index contributed by atoms with van der Waals surface area (Å²) in [7, 11) is 0. The van der Waals surface area contributed by atoms with Crippen molar-refractivity contribution in [2.75, 3.05) is 11.9 Å². The average Bonchev–Trinajstić information content (AvgIpc) is 3.15. The summed E-state index contributed by atoms with van der Waals surface area (Å²) >= 11 is 7.51. The highest BCUT2D eigenvalue weighted by atomic mass is 35.5. The summed E-state index contributed by atoms with van der Waals surface area (Å²) in [6, 6.07) is 6.78. The second kappa shape index (κ2) is 7.40. The Morgan fingerprint density at radius 1 is 1.10 bits per heavy atom. The predicted molar refractivity (Wildman–Crippen MR) is 114 cm³/mol. The summed E-state index contributed by atoms with van der Waals surface area (Å²) in [6.45, 7) is -0.115. The quantitative estimate of drug-likeness (QED) is 0.727. The molecule has 0 radical (unpaired) electrons. The summed E-state index contributed by atoms with van der Waals surface area (Å²) in [5.74, 6) is 1.94. The lowest BCUT2D eigenvalue weighted by molar-refractivity contribution is -0.115. The van der Waals surface area contributed by atoms with Gasteiger partial charge in [0.05, 0.1) is 22.8 Å². The van der Waals surface area contributed by atoms with Gasteiger partial charge in [-0.1, -0.05) is 23.7 Å². The third-order valence-electron chi connectivity index (χ3n) is 6.86. The Hall–Kier alpha value is -1.92. The molecule has 1 heterocycles. The van der Waals surface area contributed by atoms with E-state index in [9.17, 15) is 9.59 Å². The molecular weight excluding hydrogens is 406 g/mol. The van der Waals surface area contributed by atoms with Gasteiger partial charge in [-0.2, -0.15) is 0 Å². The van der Waals surface area contributed by atoms with E-state index in [-0.39, 0.29) is 23.8 Å². The minimum absolute atomic E-state index is 0.115. The maximum absolute atomic E-state index is 12.3. The minimum Gasteiger partial charge on any atom is -0.343 e. The van der Waals surface area contributed by atoms with E-state index in [0.717, 1.165) is 23.4 Å². The highest BCUT2D eigenvalue weighted by Gasteiger charge is 2.52. The monoisotopic (exact) mass is 429 g/mol. The number of aromatic nitrogens is 1. The number of benzene rings is 1. The van der Waals surface area contributed by atoms with Crippen LogP contribution in [0.4, 0.5) is 5.13 Å². The summed E-state index contributed by atoms with van der Waals surface area (Å²) in [4.78, 5) is 29.3. The number of nitrogens with zero attached hydrogens (tertiary/aromatic N) is 1. The third-order valence-corrected chi connectivity index (χ3v) is 7.95. The molecular formula is C22H24ClN3O2S. The predicted octanol–water partition coefficient (Wildman–Crippen LogP) is 4.63. The zero-order valence-electron chi connectivity index (χ0n) is 16.1. The molecule has 2 aromatic rings. The summed E-state index contributed by atoms with van der Waals surface area (Å²) in [5.41, 5.74) is 1.75. The van der Waals surface area contributed by atoms with Crippen molar-refractivity contribution in [3.63, 3.8) is 0 Å². The molecule has 7 heteroatoms. The van der Waals surface area contributed by atoms with E-state index in [2.05, 4.69) is 16.0 Å². The molecule has 29 heavy (non-hydrogen) atoms. The van der Waals surface area contributed by atoms with Gasteiger partial charge in [0, 0.05) is 10.8 Å². The second-order valence-electron chi connectivity index (χ2n) is 8.95. The molecule has 5 nitrogen and oxygen atoms in total. The highest BCUT2D eigenvalue weighted by molar-refractivity contribution is 7.14. The summed E-state index contributed by atoms with van der Waals surface area (Å²) in [6.07, 6.45) is 7.96. The molecule has 0 spiro atoms. The average molecular weight is 430 g/mol. The first-order valence-corrected chi connectivity index (χ1v) is 11.5. The van der Waals surface area contributed by atoms with Gasteiger partial charge in [-0.05, 0) is 68.4 Å². The van der Waals surface area contributed by atoms with Crippen molar-refractivity contribution in [2.24, 2.45) is 17.8 Å². The van der Waals surface area contributed by atoms with E-state index in [4.69, 9.17) is 16.6 Å². The fourth-order valence-electron chi connectivity index (χ4n) is 6.06. The van der Waals surface area contributed by atoms with Crippen LogP contribution in [0.15, 0.2) is 29.6 Å². The maximum Gasteiger partial charge on any atom is 0.253 e. The first kappa shape index (κ1) is 19.1. The normalized spacial score (nSPS) is 29.6. The van der Waals surface area contributed by atoms with E-state index < -0.39 is 0 Å². The molecule has 1 aromatic carbocycles. The number of hydrogen-bond acceptors (Lipinski definition) is 4. The molecule has 0 unspecified atom stereocenters. The van der Waals surface area contributed by atoms with Gasteiger partial charge in [-0.25, -0.2) is 4.98 Å². The van der Waals surface area contributed by atoms with Gasteiger partial charge in [-0.3, -0.25) is 9.59 Å². The van der Waals surface area contributed by atoms with Crippen molar-refractivity contribution in [2.45, 2.75) is 43.9 Å². The van der Waals surface area contributed by atoms with Crippen LogP contribution in [0.5, 0.6) is 0 Å². The zero-order valence-corrected chi connectivity index (χ0v) is 17.7. The minimum atomic E-state index is -0.362. The van der Waals surface area contributed by atoms with Crippen molar-refractivity contribution >= 4 is 39.9 Å². The largest absolute Gasteiger partial charge is 0.343 e. The number of nitrogens with one attached hydrogen (secondary N) is 2. The van der Waals surface area contributed by atoms with E-state index >= 15 is 0 Å². The molecule has 6 rings (SSSR count). The Morgan fingerprint density at radius 2 is 1.76 bits per heavy atom.